The maximum absolute atomic E-state index is 13.7. The third-order valence-corrected chi connectivity index (χ3v) is 7.04. The number of carbonyl (C=O) groups is 2. The number of hydrogen-bond donors (Lipinski definition) is 1. The van der Waals surface area contributed by atoms with Gasteiger partial charge in [-0.1, -0.05) is 76.0 Å². The number of anilines is 1. The Balaban J connectivity index is 1.55. The van der Waals surface area contributed by atoms with E-state index in [-0.39, 0.29) is 35.6 Å². The third kappa shape index (κ3) is 7.24. The Morgan fingerprint density at radius 3 is 2.42 bits per heavy atom. The fraction of sp³-hybridized carbons (Fsp3) is 0.333. The fourth-order valence-electron chi connectivity index (χ4n) is 4.35. The summed E-state index contributed by atoms with van der Waals surface area (Å²) in [4.78, 5) is 28.4. The lowest BCUT2D eigenvalue weighted by Crippen LogP contribution is -2.44. The van der Waals surface area contributed by atoms with E-state index in [0.29, 0.717) is 23.1 Å². The Morgan fingerprint density at radius 2 is 1.77 bits per heavy atom. The molecule has 0 aliphatic carbocycles. The summed E-state index contributed by atoms with van der Waals surface area (Å²) in [7, 11) is 0. The average molecular weight is 561 g/mol. The Kier molecular flexibility index (Phi) is 9.21. The SMILES string of the molecule is CCCCOc1ccc([C@@H](C)NC(=O)CN2C(=O)/C(=C\c3ccc(Cl)cc3)Oc3ccc(C(C)(C)C)cc32)cc1. The lowest BCUT2D eigenvalue weighted by atomic mass is 9.86. The summed E-state index contributed by atoms with van der Waals surface area (Å²) < 4.78 is 11.8. The number of halogens is 1. The summed E-state index contributed by atoms with van der Waals surface area (Å²) in [5.41, 5.74) is 3.17. The van der Waals surface area contributed by atoms with E-state index in [0.717, 1.165) is 35.3 Å². The van der Waals surface area contributed by atoms with Crippen LogP contribution in [0.15, 0.2) is 72.5 Å². The predicted molar refractivity (Wildman–Crippen MR) is 161 cm³/mol. The molecule has 0 unspecified atom stereocenters. The summed E-state index contributed by atoms with van der Waals surface area (Å²) in [5, 5.41) is 3.63. The number of hydrogen-bond acceptors (Lipinski definition) is 4. The first-order valence-corrected chi connectivity index (χ1v) is 14.1. The van der Waals surface area contributed by atoms with Gasteiger partial charge in [0.15, 0.2) is 11.5 Å². The lowest BCUT2D eigenvalue weighted by Gasteiger charge is -2.32. The first-order chi connectivity index (χ1) is 19.0. The molecule has 40 heavy (non-hydrogen) atoms. The van der Waals surface area contributed by atoms with Crippen LogP contribution in [-0.4, -0.2) is 25.0 Å². The molecule has 0 saturated carbocycles. The molecule has 7 heteroatoms. The van der Waals surface area contributed by atoms with E-state index in [1.165, 1.54) is 4.90 Å². The Morgan fingerprint density at radius 1 is 1.07 bits per heavy atom. The van der Waals surface area contributed by atoms with Crippen molar-refractivity contribution in [2.45, 2.75) is 58.9 Å². The molecular weight excluding hydrogens is 524 g/mol. The van der Waals surface area contributed by atoms with Gasteiger partial charge in [-0.2, -0.15) is 0 Å². The van der Waals surface area contributed by atoms with Crippen molar-refractivity contribution in [2.24, 2.45) is 0 Å². The zero-order valence-corrected chi connectivity index (χ0v) is 24.5. The molecule has 4 rings (SSSR count). The van der Waals surface area contributed by atoms with Gasteiger partial charge in [0.05, 0.1) is 18.3 Å². The van der Waals surface area contributed by atoms with Crippen LogP contribution in [0.4, 0.5) is 5.69 Å². The van der Waals surface area contributed by atoms with Crippen LogP contribution in [0.25, 0.3) is 6.08 Å². The van der Waals surface area contributed by atoms with Gasteiger partial charge < -0.3 is 14.8 Å². The van der Waals surface area contributed by atoms with Crippen LogP contribution in [0, 0.1) is 0 Å². The maximum Gasteiger partial charge on any atom is 0.294 e. The Hall–Kier alpha value is -3.77. The standard InChI is InChI=1S/C33H37ClN2O4/c1-6-7-18-39-27-15-10-24(11-16-27)22(2)35-31(37)21-36-28-20-25(33(3,4)5)12-17-29(28)40-30(32(36)38)19-23-8-13-26(34)14-9-23/h8-17,19-20,22H,6-7,18,21H2,1-5H3,(H,35,37)/b30-19+/t22-/m1/s1. The van der Waals surface area contributed by atoms with E-state index in [4.69, 9.17) is 21.1 Å². The van der Waals surface area contributed by atoms with E-state index >= 15 is 0 Å². The number of ether oxygens (including phenoxy) is 2. The number of carbonyl (C=O) groups excluding carboxylic acids is 2. The molecule has 3 aromatic rings. The number of amides is 2. The van der Waals surface area contributed by atoms with Crippen LogP contribution in [0.5, 0.6) is 11.5 Å². The highest BCUT2D eigenvalue weighted by Crippen LogP contribution is 2.39. The summed E-state index contributed by atoms with van der Waals surface area (Å²) in [5.74, 6) is 0.805. The number of nitrogens with zero attached hydrogens (tertiary/aromatic N) is 1. The molecule has 0 radical (unpaired) electrons. The summed E-state index contributed by atoms with van der Waals surface area (Å²) >= 11 is 6.02. The van der Waals surface area contributed by atoms with Gasteiger partial charge >= 0.3 is 0 Å². The van der Waals surface area contributed by atoms with E-state index < -0.39 is 0 Å². The van der Waals surface area contributed by atoms with Gasteiger partial charge in [0.25, 0.3) is 5.91 Å². The van der Waals surface area contributed by atoms with Gasteiger partial charge in [0, 0.05) is 5.02 Å². The molecule has 1 N–H and O–H groups in total. The van der Waals surface area contributed by atoms with Crippen LogP contribution >= 0.6 is 11.6 Å². The van der Waals surface area contributed by atoms with E-state index in [1.807, 2.05) is 61.5 Å². The van der Waals surface area contributed by atoms with Gasteiger partial charge in [-0.05, 0) is 77.9 Å². The second-order valence-corrected chi connectivity index (χ2v) is 11.5. The molecule has 0 aromatic heterocycles. The number of rotatable bonds is 9. The number of nitrogens with one attached hydrogen (secondary N) is 1. The second kappa shape index (κ2) is 12.6. The first kappa shape index (κ1) is 29.2. The van der Waals surface area contributed by atoms with Gasteiger partial charge in [-0.3, -0.25) is 14.5 Å². The minimum Gasteiger partial charge on any atom is -0.494 e. The predicted octanol–water partition coefficient (Wildman–Crippen LogP) is 7.46. The average Bonchev–Trinajstić information content (AvgIpc) is 2.92. The molecule has 210 valence electrons. The fourth-order valence-corrected chi connectivity index (χ4v) is 4.47. The van der Waals surface area contributed by atoms with Crippen LogP contribution in [0.2, 0.25) is 5.02 Å². The first-order valence-electron chi connectivity index (χ1n) is 13.7. The van der Waals surface area contributed by atoms with E-state index in [2.05, 4.69) is 33.0 Å². The number of fused-ring (bicyclic) bond motifs is 1. The van der Waals surface area contributed by atoms with Gasteiger partial charge in [0.1, 0.15) is 12.3 Å². The summed E-state index contributed by atoms with van der Waals surface area (Å²) in [6, 6.07) is 20.4. The zero-order chi connectivity index (χ0) is 28.9. The molecule has 0 spiro atoms. The lowest BCUT2D eigenvalue weighted by molar-refractivity contribution is -0.123. The van der Waals surface area contributed by atoms with E-state index in [1.54, 1.807) is 18.2 Å². The highest BCUT2D eigenvalue weighted by molar-refractivity contribution is 6.30. The molecule has 0 saturated heterocycles. The molecule has 0 bridgehead atoms. The molecule has 0 fully saturated rings. The molecule has 1 heterocycles. The molecule has 1 aliphatic rings. The quantitative estimate of drug-likeness (QED) is 0.218. The number of benzene rings is 3. The third-order valence-electron chi connectivity index (χ3n) is 6.79. The zero-order valence-electron chi connectivity index (χ0n) is 23.8. The molecule has 1 atom stereocenters. The highest BCUT2D eigenvalue weighted by atomic mass is 35.5. The molecular formula is C33H37ClN2O4. The van der Waals surface area contributed by atoms with Crippen LogP contribution in [-0.2, 0) is 15.0 Å². The molecule has 6 nitrogen and oxygen atoms in total. The van der Waals surface area contributed by atoms with Crippen molar-refractivity contribution in [3.63, 3.8) is 0 Å². The Bertz CT molecular complexity index is 1380. The monoisotopic (exact) mass is 560 g/mol. The minimum atomic E-state index is -0.384. The van der Waals surface area contributed by atoms with Crippen molar-refractivity contribution in [3.8, 4) is 11.5 Å². The van der Waals surface area contributed by atoms with E-state index in [9.17, 15) is 9.59 Å². The van der Waals surface area contributed by atoms with Crippen LogP contribution in [0.1, 0.15) is 70.2 Å². The second-order valence-electron chi connectivity index (χ2n) is 11.0. The van der Waals surface area contributed by atoms with Gasteiger partial charge in [-0.25, -0.2) is 0 Å². The van der Waals surface area contributed by atoms with Gasteiger partial charge in [0.2, 0.25) is 5.91 Å². The highest BCUT2D eigenvalue weighted by Gasteiger charge is 2.33. The largest absolute Gasteiger partial charge is 0.494 e. The number of unbranched alkanes of at least 4 members (excludes halogenated alkanes) is 1. The van der Waals surface area contributed by atoms with Crippen molar-refractivity contribution < 1.29 is 19.1 Å². The van der Waals surface area contributed by atoms with Crippen molar-refractivity contribution in [3.05, 3.63) is 94.2 Å². The molecule has 2 amide bonds. The topological polar surface area (TPSA) is 67.9 Å². The van der Waals surface area contributed by atoms with Crippen LogP contribution < -0.4 is 19.7 Å². The van der Waals surface area contributed by atoms with Crippen LogP contribution in [0.3, 0.4) is 0 Å². The van der Waals surface area contributed by atoms with Crippen molar-refractivity contribution in [1.82, 2.24) is 5.32 Å². The summed E-state index contributed by atoms with van der Waals surface area (Å²) in [6.45, 7) is 10.9. The maximum atomic E-state index is 13.7. The Labute approximate surface area is 241 Å². The minimum absolute atomic E-state index is 0.137. The summed E-state index contributed by atoms with van der Waals surface area (Å²) in [6.07, 6.45) is 3.75. The smallest absolute Gasteiger partial charge is 0.294 e. The van der Waals surface area contributed by atoms with Crippen molar-refractivity contribution >= 4 is 35.2 Å². The van der Waals surface area contributed by atoms with Crippen molar-refractivity contribution in [2.75, 3.05) is 18.1 Å². The normalized spacial score (nSPS) is 14.9. The van der Waals surface area contributed by atoms with Crippen molar-refractivity contribution in [1.29, 1.82) is 0 Å². The molecule has 1 aliphatic heterocycles. The molecule has 3 aromatic carbocycles. The van der Waals surface area contributed by atoms with Gasteiger partial charge in [-0.15, -0.1) is 0 Å².